The van der Waals surface area contributed by atoms with Crippen molar-refractivity contribution in [2.75, 3.05) is 7.11 Å². The quantitative estimate of drug-likeness (QED) is 0.873. The molecule has 0 bridgehead atoms. The van der Waals surface area contributed by atoms with Gasteiger partial charge in [-0.15, -0.1) is 0 Å². The van der Waals surface area contributed by atoms with Gasteiger partial charge in [0.2, 0.25) is 5.28 Å². The Morgan fingerprint density at radius 3 is 2.55 bits per heavy atom. The maximum absolute atomic E-state index is 11.3. The normalized spacial score (nSPS) is 10.3. The molecule has 1 N–H and O–H groups in total. The number of esters is 1. The summed E-state index contributed by atoms with van der Waals surface area (Å²) in [5, 5.41) is 9.12. The van der Waals surface area contributed by atoms with Crippen LogP contribution in [-0.2, 0) is 11.3 Å². The van der Waals surface area contributed by atoms with Crippen molar-refractivity contribution in [3.63, 3.8) is 0 Å². The zero-order valence-electron chi connectivity index (χ0n) is 10.5. The lowest BCUT2D eigenvalue weighted by Crippen LogP contribution is -2.10. The summed E-state index contributed by atoms with van der Waals surface area (Å²) < 4.78 is 5.97. The molecule has 6 nitrogen and oxygen atoms in total. The number of nitrogens with zero attached hydrogens (tertiary/aromatic N) is 2. The molecule has 1 heterocycles. The molecule has 0 aliphatic carbocycles. The molecule has 0 atom stereocenters. The fourth-order valence-electron chi connectivity index (χ4n) is 1.72. The van der Waals surface area contributed by atoms with Crippen LogP contribution < -0.4 is 0 Å². The van der Waals surface area contributed by atoms with Crippen LogP contribution in [0.4, 0.5) is 0 Å². The van der Waals surface area contributed by atoms with Crippen LogP contribution in [0.2, 0.25) is 5.28 Å². The van der Waals surface area contributed by atoms with Crippen molar-refractivity contribution in [2.45, 2.75) is 6.54 Å². The van der Waals surface area contributed by atoms with Gasteiger partial charge in [0.05, 0.1) is 25.4 Å². The van der Waals surface area contributed by atoms with Gasteiger partial charge in [-0.1, -0.05) is 12.1 Å². The summed E-state index contributed by atoms with van der Waals surface area (Å²) in [6.45, 7) is 0.252. The van der Waals surface area contributed by atoms with E-state index in [9.17, 15) is 9.59 Å². The van der Waals surface area contributed by atoms with Gasteiger partial charge in [0.1, 0.15) is 5.69 Å². The van der Waals surface area contributed by atoms with Crippen molar-refractivity contribution in [3.8, 4) is 0 Å². The second-order valence-corrected chi connectivity index (χ2v) is 4.33. The average Bonchev–Trinajstić information content (AvgIpc) is 2.80. The van der Waals surface area contributed by atoms with Crippen LogP contribution in [0.3, 0.4) is 0 Å². The van der Waals surface area contributed by atoms with Gasteiger partial charge in [0.25, 0.3) is 0 Å². The lowest BCUT2D eigenvalue weighted by Gasteiger charge is -2.07. The molecule has 0 aliphatic heterocycles. The van der Waals surface area contributed by atoms with Crippen LogP contribution in [-0.4, -0.2) is 33.7 Å². The van der Waals surface area contributed by atoms with Crippen LogP contribution in [0.1, 0.15) is 26.4 Å². The third kappa shape index (κ3) is 2.80. The van der Waals surface area contributed by atoms with E-state index in [0.717, 1.165) is 5.56 Å². The number of rotatable bonds is 4. The molecule has 0 amide bonds. The maximum Gasteiger partial charge on any atom is 0.354 e. The van der Waals surface area contributed by atoms with Gasteiger partial charge in [0.15, 0.2) is 0 Å². The number of carbonyl (C=O) groups is 2. The molecule has 1 aromatic carbocycles. The van der Waals surface area contributed by atoms with Crippen molar-refractivity contribution >= 4 is 23.5 Å². The Balaban J connectivity index is 2.25. The molecule has 2 aromatic rings. The molecule has 1 aromatic heterocycles. The van der Waals surface area contributed by atoms with Gasteiger partial charge in [-0.2, -0.15) is 0 Å². The minimum atomic E-state index is -1.10. The molecule has 2 rings (SSSR count). The summed E-state index contributed by atoms with van der Waals surface area (Å²) in [6.07, 6.45) is 1.20. The molecular formula is C13H11ClN2O4. The third-order valence-corrected chi connectivity index (χ3v) is 3.04. The first-order valence-electron chi connectivity index (χ1n) is 5.64. The largest absolute Gasteiger partial charge is 0.477 e. The Bertz CT molecular complexity index is 649. The number of aromatic nitrogens is 2. The second kappa shape index (κ2) is 5.75. The van der Waals surface area contributed by atoms with E-state index in [2.05, 4.69) is 9.72 Å². The van der Waals surface area contributed by atoms with E-state index in [4.69, 9.17) is 16.7 Å². The number of methoxy groups -OCH3 is 1. The number of hydrogen-bond acceptors (Lipinski definition) is 4. The summed E-state index contributed by atoms with van der Waals surface area (Å²) in [4.78, 5) is 26.1. The number of carboxylic acids is 1. The first-order valence-corrected chi connectivity index (χ1v) is 6.02. The molecule has 7 heteroatoms. The predicted octanol–water partition coefficient (Wildman–Crippen LogP) is 2.07. The average molecular weight is 295 g/mol. The summed E-state index contributed by atoms with van der Waals surface area (Å²) in [5.41, 5.74) is 1.22. The van der Waals surface area contributed by atoms with Gasteiger partial charge < -0.3 is 14.4 Å². The minimum absolute atomic E-state index is 0.00652. The first kappa shape index (κ1) is 14.1. The zero-order valence-corrected chi connectivity index (χ0v) is 11.3. The fraction of sp³-hybridized carbons (Fsp3) is 0.154. The van der Waals surface area contributed by atoms with Gasteiger partial charge in [0, 0.05) is 0 Å². The van der Waals surface area contributed by atoms with Crippen molar-refractivity contribution in [1.29, 1.82) is 0 Å². The SMILES string of the molecule is COC(=O)c1ccc(Cn2c(C(=O)O)cnc2Cl)cc1. The summed E-state index contributed by atoms with van der Waals surface area (Å²) in [7, 11) is 1.31. The molecule has 0 fully saturated rings. The van der Waals surface area contributed by atoms with Crippen molar-refractivity contribution in [2.24, 2.45) is 0 Å². The second-order valence-electron chi connectivity index (χ2n) is 3.99. The molecule has 0 spiro atoms. The summed E-state index contributed by atoms with van der Waals surface area (Å²) in [5.74, 6) is -1.53. The molecule has 20 heavy (non-hydrogen) atoms. The van der Waals surface area contributed by atoms with E-state index in [1.807, 2.05) is 0 Å². The summed E-state index contributed by atoms with van der Waals surface area (Å²) >= 11 is 5.86. The third-order valence-electron chi connectivity index (χ3n) is 2.74. The van der Waals surface area contributed by atoms with Crippen LogP contribution in [0, 0.1) is 0 Å². The highest BCUT2D eigenvalue weighted by Gasteiger charge is 2.14. The van der Waals surface area contributed by atoms with Crippen LogP contribution in [0.25, 0.3) is 0 Å². The topological polar surface area (TPSA) is 81.4 Å². The molecule has 0 unspecified atom stereocenters. The maximum atomic E-state index is 11.3. The highest BCUT2D eigenvalue weighted by atomic mass is 35.5. The van der Waals surface area contributed by atoms with Gasteiger partial charge in [-0.25, -0.2) is 14.6 Å². The number of imidazole rings is 1. The number of carbonyl (C=O) groups excluding carboxylic acids is 1. The number of carboxylic acid groups (broad SMARTS) is 1. The number of halogens is 1. The van der Waals surface area contributed by atoms with Crippen molar-refractivity contribution < 1.29 is 19.4 Å². The van der Waals surface area contributed by atoms with E-state index in [1.165, 1.54) is 17.9 Å². The van der Waals surface area contributed by atoms with Gasteiger partial charge in [-0.3, -0.25) is 0 Å². The van der Waals surface area contributed by atoms with E-state index >= 15 is 0 Å². The van der Waals surface area contributed by atoms with Gasteiger partial charge >= 0.3 is 11.9 Å². The Morgan fingerprint density at radius 1 is 1.35 bits per heavy atom. The van der Waals surface area contributed by atoms with E-state index in [0.29, 0.717) is 5.56 Å². The minimum Gasteiger partial charge on any atom is -0.477 e. The smallest absolute Gasteiger partial charge is 0.354 e. The Kier molecular flexibility index (Phi) is 4.05. The lowest BCUT2D eigenvalue weighted by atomic mass is 10.1. The first-order chi connectivity index (χ1) is 9.52. The van der Waals surface area contributed by atoms with E-state index < -0.39 is 11.9 Å². The molecule has 0 saturated heterocycles. The van der Waals surface area contributed by atoms with E-state index in [-0.39, 0.29) is 17.5 Å². The lowest BCUT2D eigenvalue weighted by molar-refractivity contribution is 0.0599. The van der Waals surface area contributed by atoms with Crippen molar-refractivity contribution in [3.05, 3.63) is 52.6 Å². The fourth-order valence-corrected chi connectivity index (χ4v) is 1.92. The molecule has 0 radical (unpaired) electrons. The van der Waals surface area contributed by atoms with Crippen LogP contribution >= 0.6 is 11.6 Å². The van der Waals surface area contributed by atoms with Crippen LogP contribution in [0.15, 0.2) is 30.5 Å². The molecule has 0 saturated carbocycles. The molecule has 104 valence electrons. The predicted molar refractivity (Wildman–Crippen MR) is 71.1 cm³/mol. The van der Waals surface area contributed by atoms with Gasteiger partial charge in [-0.05, 0) is 29.3 Å². The number of aromatic carboxylic acids is 1. The molecular weight excluding hydrogens is 284 g/mol. The van der Waals surface area contributed by atoms with Crippen molar-refractivity contribution in [1.82, 2.24) is 9.55 Å². The Labute approximate surface area is 119 Å². The molecule has 0 aliphatic rings. The Morgan fingerprint density at radius 2 is 2.00 bits per heavy atom. The van der Waals surface area contributed by atoms with E-state index in [1.54, 1.807) is 24.3 Å². The Hall–Kier alpha value is -2.34. The number of hydrogen-bond donors (Lipinski definition) is 1. The monoisotopic (exact) mass is 294 g/mol. The zero-order chi connectivity index (χ0) is 14.7. The number of benzene rings is 1. The highest BCUT2D eigenvalue weighted by Crippen LogP contribution is 2.15. The summed E-state index contributed by atoms with van der Waals surface area (Å²) in [6, 6.07) is 6.61. The number of ether oxygens (including phenoxy) is 1. The van der Waals surface area contributed by atoms with Crippen LogP contribution in [0.5, 0.6) is 0 Å². The standard InChI is InChI=1S/C13H11ClN2O4/c1-20-12(19)9-4-2-8(3-5-9)7-16-10(11(17)18)6-15-13(16)14/h2-6H,7H2,1H3,(H,17,18). The highest BCUT2D eigenvalue weighted by molar-refractivity contribution is 6.28.